The Labute approximate surface area is 98.6 Å². The van der Waals surface area contributed by atoms with Crippen molar-refractivity contribution in [2.75, 3.05) is 19.7 Å². The van der Waals surface area contributed by atoms with Crippen LogP contribution in [0.2, 0.25) is 0 Å². The Bertz CT molecular complexity index is 289. The fourth-order valence-corrected chi connectivity index (χ4v) is 1.04. The first kappa shape index (κ1) is 15.0. The van der Waals surface area contributed by atoms with Gasteiger partial charge in [0.1, 0.15) is 0 Å². The van der Waals surface area contributed by atoms with Crippen LogP contribution in [0.15, 0.2) is 5.11 Å². The maximum atomic E-state index is 11.0. The SMILES string of the molecule is [N-]=[N+]=NCCOC(=O)NCCCCCC(=O)O. The normalized spacial score (nSPS) is 9.18. The van der Waals surface area contributed by atoms with Crippen molar-refractivity contribution in [1.82, 2.24) is 5.32 Å². The van der Waals surface area contributed by atoms with E-state index >= 15 is 0 Å². The molecule has 0 rings (SSSR count). The molecule has 0 aromatic carbocycles. The summed E-state index contributed by atoms with van der Waals surface area (Å²) in [7, 11) is 0. The van der Waals surface area contributed by atoms with E-state index in [0.717, 1.165) is 6.42 Å². The first-order chi connectivity index (χ1) is 8.16. The van der Waals surface area contributed by atoms with Crippen molar-refractivity contribution in [2.45, 2.75) is 25.7 Å². The van der Waals surface area contributed by atoms with E-state index < -0.39 is 12.1 Å². The molecule has 96 valence electrons. The van der Waals surface area contributed by atoms with Crippen LogP contribution >= 0.6 is 0 Å². The molecule has 0 bridgehead atoms. The van der Waals surface area contributed by atoms with Crippen LogP contribution in [0.25, 0.3) is 10.4 Å². The van der Waals surface area contributed by atoms with Gasteiger partial charge in [0.25, 0.3) is 0 Å². The molecule has 2 N–H and O–H groups in total. The number of amides is 1. The fourth-order valence-electron chi connectivity index (χ4n) is 1.04. The number of carbonyl (C=O) groups is 2. The second kappa shape index (κ2) is 10.6. The third-order valence-corrected chi connectivity index (χ3v) is 1.82. The van der Waals surface area contributed by atoms with E-state index in [1.807, 2.05) is 0 Å². The third kappa shape index (κ3) is 12.0. The topological polar surface area (TPSA) is 124 Å². The molecule has 8 heteroatoms. The molecule has 0 aliphatic heterocycles. The molecule has 0 spiro atoms. The highest BCUT2D eigenvalue weighted by Gasteiger charge is 2.00. The van der Waals surface area contributed by atoms with Gasteiger partial charge in [-0.05, 0) is 18.4 Å². The number of nitrogens with zero attached hydrogens (tertiary/aromatic N) is 3. The summed E-state index contributed by atoms with van der Waals surface area (Å²) in [5.74, 6) is -0.810. The van der Waals surface area contributed by atoms with Gasteiger partial charge in [0.15, 0.2) is 0 Å². The van der Waals surface area contributed by atoms with Crippen molar-refractivity contribution in [2.24, 2.45) is 5.11 Å². The Kier molecular flexibility index (Phi) is 9.35. The second-order valence-corrected chi connectivity index (χ2v) is 3.22. The third-order valence-electron chi connectivity index (χ3n) is 1.82. The van der Waals surface area contributed by atoms with Crippen LogP contribution < -0.4 is 5.32 Å². The summed E-state index contributed by atoms with van der Waals surface area (Å²) in [4.78, 5) is 23.7. The zero-order valence-electron chi connectivity index (χ0n) is 9.46. The quantitative estimate of drug-likeness (QED) is 0.277. The van der Waals surface area contributed by atoms with E-state index in [4.69, 9.17) is 10.6 Å². The lowest BCUT2D eigenvalue weighted by Gasteiger charge is -2.05. The van der Waals surface area contributed by atoms with Crippen LogP contribution in [-0.2, 0) is 9.53 Å². The van der Waals surface area contributed by atoms with Crippen molar-refractivity contribution in [3.63, 3.8) is 0 Å². The number of alkyl carbamates (subject to hydrolysis) is 1. The van der Waals surface area contributed by atoms with Gasteiger partial charge < -0.3 is 15.2 Å². The molecular formula is C9H16N4O4. The van der Waals surface area contributed by atoms with Gasteiger partial charge >= 0.3 is 12.1 Å². The summed E-state index contributed by atoms with van der Waals surface area (Å²) in [6.45, 7) is 0.609. The van der Waals surface area contributed by atoms with Gasteiger partial charge in [0.05, 0.1) is 13.2 Å². The zero-order valence-corrected chi connectivity index (χ0v) is 9.46. The molecule has 0 atom stereocenters. The molecule has 0 aliphatic rings. The maximum absolute atomic E-state index is 11.0. The monoisotopic (exact) mass is 244 g/mol. The van der Waals surface area contributed by atoms with Gasteiger partial charge in [-0.3, -0.25) is 4.79 Å². The largest absolute Gasteiger partial charge is 0.481 e. The van der Waals surface area contributed by atoms with Crippen LogP contribution in [0.5, 0.6) is 0 Å². The van der Waals surface area contributed by atoms with Gasteiger partial charge in [0, 0.05) is 17.9 Å². The Hall–Kier alpha value is -1.95. The van der Waals surface area contributed by atoms with Crippen LogP contribution in [0.3, 0.4) is 0 Å². The second-order valence-electron chi connectivity index (χ2n) is 3.22. The number of carboxylic acids is 1. The predicted molar refractivity (Wildman–Crippen MR) is 59.5 cm³/mol. The van der Waals surface area contributed by atoms with Crippen LogP contribution in [0, 0.1) is 0 Å². The number of carboxylic acid groups (broad SMARTS) is 1. The van der Waals surface area contributed by atoms with E-state index in [2.05, 4.69) is 20.1 Å². The minimum atomic E-state index is -0.810. The number of hydrogen-bond acceptors (Lipinski definition) is 4. The van der Waals surface area contributed by atoms with Gasteiger partial charge in [-0.1, -0.05) is 11.5 Å². The average Bonchev–Trinajstić information content (AvgIpc) is 2.29. The first-order valence-corrected chi connectivity index (χ1v) is 5.30. The van der Waals surface area contributed by atoms with Crippen LogP contribution in [0.4, 0.5) is 4.79 Å². The van der Waals surface area contributed by atoms with E-state index in [1.54, 1.807) is 0 Å². The highest BCUT2D eigenvalue weighted by Crippen LogP contribution is 1.98. The van der Waals surface area contributed by atoms with Crippen molar-refractivity contribution in [3.05, 3.63) is 10.4 Å². The standard InChI is InChI=1S/C9H16N4O4/c10-13-12-6-7-17-9(16)11-5-3-1-2-4-8(14)15/h1-7H2,(H,11,16)(H,14,15). The van der Waals surface area contributed by atoms with E-state index in [-0.39, 0.29) is 19.6 Å². The van der Waals surface area contributed by atoms with E-state index in [9.17, 15) is 9.59 Å². The van der Waals surface area contributed by atoms with Gasteiger partial charge in [0.2, 0.25) is 0 Å². The summed E-state index contributed by atoms with van der Waals surface area (Å²) in [6, 6.07) is 0. The molecule has 0 aliphatic carbocycles. The van der Waals surface area contributed by atoms with Crippen molar-refractivity contribution in [3.8, 4) is 0 Å². The molecule has 1 amide bonds. The highest BCUT2D eigenvalue weighted by atomic mass is 16.5. The minimum Gasteiger partial charge on any atom is -0.481 e. The lowest BCUT2D eigenvalue weighted by Crippen LogP contribution is -2.26. The molecule has 0 aromatic heterocycles. The van der Waals surface area contributed by atoms with E-state index in [1.165, 1.54) is 0 Å². The van der Waals surface area contributed by atoms with Crippen LogP contribution in [-0.4, -0.2) is 36.9 Å². The summed E-state index contributed by atoms with van der Waals surface area (Å²) in [6.07, 6.45) is 1.64. The first-order valence-electron chi connectivity index (χ1n) is 5.30. The maximum Gasteiger partial charge on any atom is 0.407 e. The number of hydrogen-bond donors (Lipinski definition) is 2. The molecular weight excluding hydrogens is 228 g/mol. The van der Waals surface area contributed by atoms with Crippen molar-refractivity contribution in [1.29, 1.82) is 0 Å². The number of nitrogens with one attached hydrogen (secondary N) is 1. The van der Waals surface area contributed by atoms with Gasteiger partial charge in [-0.25, -0.2) is 4.79 Å². The number of carbonyl (C=O) groups excluding carboxylic acids is 1. The lowest BCUT2D eigenvalue weighted by atomic mass is 10.2. The highest BCUT2D eigenvalue weighted by molar-refractivity contribution is 5.67. The minimum absolute atomic E-state index is 0.0505. The lowest BCUT2D eigenvalue weighted by molar-refractivity contribution is -0.137. The Morgan fingerprint density at radius 3 is 2.76 bits per heavy atom. The van der Waals surface area contributed by atoms with Gasteiger partial charge in [-0.15, -0.1) is 0 Å². The molecule has 0 fully saturated rings. The van der Waals surface area contributed by atoms with Crippen LogP contribution in [0.1, 0.15) is 25.7 Å². The summed E-state index contributed by atoms with van der Waals surface area (Å²) in [5, 5.41) is 14.1. The number of rotatable bonds is 9. The molecule has 17 heavy (non-hydrogen) atoms. The number of ether oxygens (including phenoxy) is 1. The molecule has 0 unspecified atom stereocenters. The van der Waals surface area contributed by atoms with E-state index in [0.29, 0.717) is 19.4 Å². The predicted octanol–water partition coefficient (Wildman–Crippen LogP) is 1.67. The zero-order chi connectivity index (χ0) is 12.9. The average molecular weight is 244 g/mol. The molecule has 0 aromatic rings. The number of azide groups is 1. The molecule has 8 nitrogen and oxygen atoms in total. The van der Waals surface area contributed by atoms with Crippen molar-refractivity contribution >= 4 is 12.1 Å². The number of unbranched alkanes of at least 4 members (excludes halogenated alkanes) is 2. The molecule has 0 radical (unpaired) electrons. The Morgan fingerprint density at radius 2 is 2.12 bits per heavy atom. The summed E-state index contributed by atoms with van der Waals surface area (Å²) < 4.78 is 4.68. The molecule has 0 saturated carbocycles. The smallest absolute Gasteiger partial charge is 0.407 e. The Balaban J connectivity index is 3.27. The number of aliphatic carboxylic acids is 1. The summed E-state index contributed by atoms with van der Waals surface area (Å²) >= 11 is 0. The molecule has 0 saturated heterocycles. The van der Waals surface area contributed by atoms with Crippen molar-refractivity contribution < 1.29 is 19.4 Å². The molecule has 0 heterocycles. The van der Waals surface area contributed by atoms with Gasteiger partial charge in [-0.2, -0.15) is 0 Å². The Morgan fingerprint density at radius 1 is 1.35 bits per heavy atom. The fraction of sp³-hybridized carbons (Fsp3) is 0.778. The summed E-state index contributed by atoms with van der Waals surface area (Å²) in [5.41, 5.74) is 7.95.